The number of terminal acetylenes is 1. The van der Waals surface area contributed by atoms with E-state index in [-0.39, 0.29) is 24.5 Å². The normalized spacial score (nSPS) is 13.4. The van der Waals surface area contributed by atoms with Crippen LogP contribution in [0, 0.1) is 12.5 Å². The summed E-state index contributed by atoms with van der Waals surface area (Å²) < 4.78 is 11.3. The Kier molecular flexibility index (Phi) is 9.86. The predicted molar refractivity (Wildman–Crippen MR) is 129 cm³/mol. The number of hydrogen-bond donors (Lipinski definition) is 2. The van der Waals surface area contributed by atoms with Crippen LogP contribution in [0.2, 0.25) is 0 Å². The fourth-order valence-electron chi connectivity index (χ4n) is 3.10. The van der Waals surface area contributed by atoms with Crippen LogP contribution in [0.1, 0.15) is 25.0 Å². The zero-order chi connectivity index (χ0) is 23.6. The maximum absolute atomic E-state index is 10.1. The lowest BCUT2D eigenvalue weighted by Gasteiger charge is -2.26. The first-order valence-corrected chi connectivity index (χ1v) is 10.9. The van der Waals surface area contributed by atoms with Crippen molar-refractivity contribution in [2.75, 3.05) is 32.7 Å². The molecule has 2 atom stereocenters. The van der Waals surface area contributed by atoms with Crippen molar-refractivity contribution < 1.29 is 19.7 Å². The highest BCUT2D eigenvalue weighted by Crippen LogP contribution is 2.33. The van der Waals surface area contributed by atoms with E-state index in [1.165, 1.54) is 6.34 Å². The van der Waals surface area contributed by atoms with Gasteiger partial charge in [-0.1, -0.05) is 44.5 Å². The third-order valence-corrected chi connectivity index (χ3v) is 5.40. The van der Waals surface area contributed by atoms with Gasteiger partial charge < -0.3 is 24.6 Å². The van der Waals surface area contributed by atoms with Crippen molar-refractivity contribution in [3.63, 3.8) is 0 Å². The number of halogens is 1. The summed E-state index contributed by atoms with van der Waals surface area (Å²) in [4.78, 5) is 5.38. The van der Waals surface area contributed by atoms with Crippen LogP contribution in [0.3, 0.4) is 0 Å². The summed E-state index contributed by atoms with van der Waals surface area (Å²) in [6.45, 7) is 4.98. The molecule has 0 bridgehead atoms. The van der Waals surface area contributed by atoms with Crippen LogP contribution < -0.4 is 9.47 Å². The van der Waals surface area contributed by atoms with E-state index in [0.29, 0.717) is 18.0 Å². The number of likely N-dealkylation sites (N-methyl/N-ethyl adjacent to an activating group) is 1. The second-order valence-corrected chi connectivity index (χ2v) is 8.38. The second-order valence-electron chi connectivity index (χ2n) is 8.07. The summed E-state index contributed by atoms with van der Waals surface area (Å²) in [5.74, 6) is 1.51. The van der Waals surface area contributed by atoms with Gasteiger partial charge in [-0.15, -0.1) is 11.6 Å². The van der Waals surface area contributed by atoms with E-state index in [1.807, 2.05) is 48.5 Å². The number of aliphatic hydroxyl groups excluding tert-OH is 2. The van der Waals surface area contributed by atoms with E-state index in [2.05, 4.69) is 24.9 Å². The molecule has 6 nitrogen and oxygen atoms in total. The zero-order valence-corrected chi connectivity index (χ0v) is 19.5. The molecular formula is C25H31ClN2O4. The van der Waals surface area contributed by atoms with Crippen LogP contribution in [-0.4, -0.2) is 66.3 Å². The van der Waals surface area contributed by atoms with Crippen molar-refractivity contribution in [1.82, 2.24) is 4.90 Å². The average molecular weight is 459 g/mol. The van der Waals surface area contributed by atoms with Crippen LogP contribution in [-0.2, 0) is 5.41 Å². The van der Waals surface area contributed by atoms with Crippen LogP contribution in [0.4, 0.5) is 0 Å². The molecule has 0 spiro atoms. The molecule has 32 heavy (non-hydrogen) atoms. The first-order valence-electron chi connectivity index (χ1n) is 10.3. The Bertz CT molecular complexity index is 892. The van der Waals surface area contributed by atoms with Gasteiger partial charge in [-0.05, 0) is 35.4 Å². The summed E-state index contributed by atoms with van der Waals surface area (Å²) in [6.07, 6.45) is 5.21. The van der Waals surface area contributed by atoms with Gasteiger partial charge in [0.25, 0.3) is 0 Å². The van der Waals surface area contributed by atoms with Crippen molar-refractivity contribution in [1.29, 1.82) is 0 Å². The number of hydrogen-bond acceptors (Lipinski definition) is 5. The third kappa shape index (κ3) is 7.76. The van der Waals surface area contributed by atoms with E-state index in [0.717, 1.165) is 11.1 Å². The largest absolute Gasteiger partial charge is 0.491 e. The Hall–Kier alpha value is -2.72. The molecule has 0 unspecified atom stereocenters. The van der Waals surface area contributed by atoms with Crippen molar-refractivity contribution in [3.8, 4) is 24.0 Å². The number of nitrogens with zero attached hydrogens (tertiary/aromatic N) is 2. The number of aliphatic imine (C=N–C) groups is 1. The van der Waals surface area contributed by atoms with E-state index in [4.69, 9.17) is 27.5 Å². The number of aliphatic hydroxyl groups is 2. The molecule has 0 aliphatic heterocycles. The molecule has 172 valence electrons. The van der Waals surface area contributed by atoms with Gasteiger partial charge in [-0.3, -0.25) is 0 Å². The average Bonchev–Trinajstić information content (AvgIpc) is 2.80. The van der Waals surface area contributed by atoms with Gasteiger partial charge in [-0.25, -0.2) is 0 Å². The lowest BCUT2D eigenvalue weighted by molar-refractivity contribution is 0.0923. The van der Waals surface area contributed by atoms with Gasteiger partial charge in [0.2, 0.25) is 0 Å². The quantitative estimate of drug-likeness (QED) is 0.221. The van der Waals surface area contributed by atoms with Crippen molar-refractivity contribution >= 4 is 17.9 Å². The molecule has 2 N–H and O–H groups in total. The lowest BCUT2D eigenvalue weighted by atomic mass is 9.78. The van der Waals surface area contributed by atoms with Gasteiger partial charge in [0, 0.05) is 25.1 Å². The number of benzene rings is 2. The van der Waals surface area contributed by atoms with Gasteiger partial charge in [-0.2, -0.15) is 4.99 Å². The Labute approximate surface area is 195 Å². The summed E-state index contributed by atoms with van der Waals surface area (Å²) >= 11 is 5.59. The van der Waals surface area contributed by atoms with Crippen LogP contribution in [0.25, 0.3) is 0 Å². The molecule has 0 aliphatic rings. The number of alkyl halides is 1. The number of rotatable bonds is 12. The molecule has 0 radical (unpaired) electrons. The molecule has 2 aromatic rings. The molecule has 0 saturated heterocycles. The van der Waals surface area contributed by atoms with E-state index >= 15 is 0 Å². The smallest absolute Gasteiger partial charge is 0.119 e. The highest BCUT2D eigenvalue weighted by Gasteiger charge is 2.23. The van der Waals surface area contributed by atoms with Gasteiger partial charge >= 0.3 is 0 Å². The Balaban J connectivity index is 1.94. The minimum Gasteiger partial charge on any atom is -0.491 e. The maximum Gasteiger partial charge on any atom is 0.119 e. The summed E-state index contributed by atoms with van der Waals surface area (Å²) in [5.41, 5.74) is 2.02. The van der Waals surface area contributed by atoms with E-state index in [9.17, 15) is 10.2 Å². The fraction of sp³-hybridized carbons (Fsp3) is 0.400. The minimum absolute atomic E-state index is 0.141. The summed E-state index contributed by atoms with van der Waals surface area (Å²) in [5, 5.41) is 19.6. The molecule has 2 rings (SSSR count). The van der Waals surface area contributed by atoms with Crippen LogP contribution >= 0.6 is 11.6 Å². The van der Waals surface area contributed by atoms with Crippen LogP contribution in [0.5, 0.6) is 11.5 Å². The molecule has 2 aromatic carbocycles. The standard InChI is InChI=1S/C25H31ClN2O4/c1-5-27-18-28(4)15-22(30)17-32-24-12-8-20(9-13-24)25(2,3)19-6-10-23(11-7-19)31-16-21(29)14-26/h1,6-13,18,21-22,29-30H,14-17H2,2-4H3/t21-,22-/m0/s1. The molecule has 0 saturated carbocycles. The highest BCUT2D eigenvalue weighted by atomic mass is 35.5. The third-order valence-electron chi connectivity index (χ3n) is 5.04. The molecule has 0 amide bonds. The van der Waals surface area contributed by atoms with E-state index in [1.54, 1.807) is 11.9 Å². The van der Waals surface area contributed by atoms with Crippen LogP contribution in [0.15, 0.2) is 53.5 Å². The first-order chi connectivity index (χ1) is 15.3. The van der Waals surface area contributed by atoms with Gasteiger partial charge in [0.15, 0.2) is 0 Å². The lowest BCUT2D eigenvalue weighted by Crippen LogP contribution is -2.32. The first kappa shape index (κ1) is 25.5. The Morgan fingerprint density at radius 3 is 1.91 bits per heavy atom. The van der Waals surface area contributed by atoms with E-state index < -0.39 is 12.2 Å². The monoisotopic (exact) mass is 458 g/mol. The highest BCUT2D eigenvalue weighted by molar-refractivity contribution is 6.18. The summed E-state index contributed by atoms with van der Waals surface area (Å²) in [6, 6.07) is 17.8. The van der Waals surface area contributed by atoms with Gasteiger partial charge in [0.05, 0.1) is 5.88 Å². The molecule has 0 aromatic heterocycles. The van der Waals surface area contributed by atoms with Crippen molar-refractivity contribution in [2.24, 2.45) is 4.99 Å². The van der Waals surface area contributed by atoms with Crippen molar-refractivity contribution in [3.05, 3.63) is 59.7 Å². The zero-order valence-electron chi connectivity index (χ0n) is 18.7. The SMILES string of the molecule is C#CN=CN(C)C[C@H](O)COc1ccc(C(C)(C)c2ccc(OC[C@@H](O)CCl)cc2)cc1. The number of ether oxygens (including phenoxy) is 2. The maximum atomic E-state index is 10.1. The second kappa shape index (κ2) is 12.4. The molecule has 0 heterocycles. The molecule has 0 aliphatic carbocycles. The minimum atomic E-state index is -0.683. The topological polar surface area (TPSA) is 74.5 Å². The molecule has 0 fully saturated rings. The molecular weight excluding hydrogens is 428 g/mol. The fourth-order valence-corrected chi connectivity index (χ4v) is 3.18. The van der Waals surface area contributed by atoms with Crippen molar-refractivity contribution in [2.45, 2.75) is 31.5 Å². The van der Waals surface area contributed by atoms with Gasteiger partial charge in [0.1, 0.15) is 43.3 Å². The predicted octanol–water partition coefficient (Wildman–Crippen LogP) is 3.28. The Morgan fingerprint density at radius 2 is 1.47 bits per heavy atom. The summed E-state index contributed by atoms with van der Waals surface area (Å²) in [7, 11) is 1.78. The Morgan fingerprint density at radius 1 is 1.00 bits per heavy atom. The molecule has 7 heteroatoms.